The summed E-state index contributed by atoms with van der Waals surface area (Å²) in [6, 6.07) is 11.6. The number of nitrogens with zero attached hydrogens (tertiary/aromatic N) is 4. The van der Waals surface area contributed by atoms with Crippen LogP contribution in [0.1, 0.15) is 18.9 Å². The molecule has 3 rings (SSSR count). The van der Waals surface area contributed by atoms with Crippen LogP contribution in [0.2, 0.25) is 0 Å². The summed E-state index contributed by atoms with van der Waals surface area (Å²) in [6.07, 6.45) is 2.08. The SMILES string of the molecule is CCC(C(N)=O)N(C)c1nc(Nc2ccc3cccnc3c2)c(C#N)cc1F. The van der Waals surface area contributed by atoms with Gasteiger partial charge in [-0.15, -0.1) is 0 Å². The number of hydrogen-bond acceptors (Lipinski definition) is 6. The minimum absolute atomic E-state index is 0.0443. The number of nitrogens with one attached hydrogen (secondary N) is 1. The lowest BCUT2D eigenvalue weighted by Gasteiger charge is -2.26. The van der Waals surface area contributed by atoms with Gasteiger partial charge in [0.2, 0.25) is 5.91 Å². The number of carbonyl (C=O) groups is 1. The van der Waals surface area contributed by atoms with E-state index in [1.807, 2.05) is 36.4 Å². The van der Waals surface area contributed by atoms with E-state index in [0.717, 1.165) is 17.0 Å². The minimum Gasteiger partial charge on any atom is -0.368 e. The first-order chi connectivity index (χ1) is 13.4. The summed E-state index contributed by atoms with van der Waals surface area (Å²) in [6.45, 7) is 1.77. The molecule has 0 saturated heterocycles. The molecule has 1 aromatic carbocycles. The van der Waals surface area contributed by atoms with E-state index in [1.165, 1.54) is 4.90 Å². The van der Waals surface area contributed by atoms with E-state index < -0.39 is 17.8 Å². The quantitative estimate of drug-likeness (QED) is 0.682. The van der Waals surface area contributed by atoms with Gasteiger partial charge in [-0.25, -0.2) is 9.37 Å². The fourth-order valence-electron chi connectivity index (χ4n) is 3.00. The summed E-state index contributed by atoms with van der Waals surface area (Å²) in [4.78, 5) is 21.6. The molecule has 1 atom stereocenters. The van der Waals surface area contributed by atoms with Crippen molar-refractivity contribution in [3.63, 3.8) is 0 Å². The number of likely N-dealkylation sites (N-methyl/N-ethyl adjacent to an activating group) is 1. The zero-order chi connectivity index (χ0) is 20.3. The van der Waals surface area contributed by atoms with E-state index in [9.17, 15) is 14.4 Å². The lowest BCUT2D eigenvalue weighted by Crippen LogP contribution is -2.43. The van der Waals surface area contributed by atoms with Crippen LogP contribution in [0.15, 0.2) is 42.6 Å². The largest absolute Gasteiger partial charge is 0.368 e. The summed E-state index contributed by atoms with van der Waals surface area (Å²) >= 11 is 0. The highest BCUT2D eigenvalue weighted by atomic mass is 19.1. The molecule has 28 heavy (non-hydrogen) atoms. The van der Waals surface area contributed by atoms with Crippen molar-refractivity contribution in [2.75, 3.05) is 17.3 Å². The summed E-state index contributed by atoms with van der Waals surface area (Å²) in [5, 5.41) is 13.4. The van der Waals surface area contributed by atoms with Gasteiger partial charge in [-0.2, -0.15) is 5.26 Å². The van der Waals surface area contributed by atoms with Crippen LogP contribution in [-0.2, 0) is 4.79 Å². The number of rotatable bonds is 6. The second kappa shape index (κ2) is 7.88. The van der Waals surface area contributed by atoms with Crippen molar-refractivity contribution < 1.29 is 9.18 Å². The number of nitrogens with two attached hydrogens (primary N) is 1. The molecule has 0 saturated carbocycles. The maximum atomic E-state index is 14.5. The highest BCUT2D eigenvalue weighted by molar-refractivity contribution is 5.84. The molecule has 0 radical (unpaired) electrons. The summed E-state index contributed by atoms with van der Waals surface area (Å²) in [5.41, 5.74) is 6.86. The Hall–Kier alpha value is -3.73. The van der Waals surface area contributed by atoms with Gasteiger partial charge in [0, 0.05) is 24.3 Å². The number of pyridine rings is 2. The topological polar surface area (TPSA) is 108 Å². The third-order valence-electron chi connectivity index (χ3n) is 4.46. The maximum Gasteiger partial charge on any atom is 0.240 e. The van der Waals surface area contributed by atoms with Crippen molar-refractivity contribution in [2.24, 2.45) is 5.73 Å². The summed E-state index contributed by atoms with van der Waals surface area (Å²) < 4.78 is 14.5. The van der Waals surface area contributed by atoms with Gasteiger partial charge in [0.25, 0.3) is 0 Å². The fourth-order valence-corrected chi connectivity index (χ4v) is 3.00. The van der Waals surface area contributed by atoms with E-state index in [1.54, 1.807) is 20.2 Å². The van der Waals surface area contributed by atoms with Gasteiger partial charge in [-0.05, 0) is 30.7 Å². The zero-order valence-electron chi connectivity index (χ0n) is 15.5. The Morgan fingerprint density at radius 1 is 1.39 bits per heavy atom. The van der Waals surface area contributed by atoms with E-state index in [4.69, 9.17) is 5.73 Å². The number of fused-ring (bicyclic) bond motifs is 1. The molecular weight excluding hydrogens is 359 g/mol. The first kappa shape index (κ1) is 19.0. The van der Waals surface area contributed by atoms with Gasteiger partial charge in [-0.3, -0.25) is 9.78 Å². The number of halogens is 1. The van der Waals surface area contributed by atoms with Crippen LogP contribution in [0.4, 0.5) is 21.7 Å². The minimum atomic E-state index is -0.715. The molecule has 2 heterocycles. The second-order valence-electron chi connectivity index (χ2n) is 6.27. The molecule has 3 N–H and O–H groups in total. The predicted octanol–water partition coefficient (Wildman–Crippen LogP) is 3.08. The highest BCUT2D eigenvalue weighted by Crippen LogP contribution is 2.27. The normalized spacial score (nSPS) is 11.6. The van der Waals surface area contributed by atoms with E-state index in [0.29, 0.717) is 12.1 Å². The van der Waals surface area contributed by atoms with Gasteiger partial charge >= 0.3 is 0 Å². The van der Waals surface area contributed by atoms with Crippen LogP contribution in [0.3, 0.4) is 0 Å². The number of nitriles is 1. The van der Waals surface area contributed by atoms with Crippen LogP contribution in [0.25, 0.3) is 10.9 Å². The van der Waals surface area contributed by atoms with Crippen LogP contribution in [-0.4, -0.2) is 29.0 Å². The number of benzene rings is 1. The van der Waals surface area contributed by atoms with Gasteiger partial charge in [-0.1, -0.05) is 19.1 Å². The smallest absolute Gasteiger partial charge is 0.240 e. The van der Waals surface area contributed by atoms with Crippen molar-refractivity contribution in [3.8, 4) is 6.07 Å². The van der Waals surface area contributed by atoms with Crippen molar-refractivity contribution in [1.82, 2.24) is 9.97 Å². The van der Waals surface area contributed by atoms with Crippen molar-refractivity contribution in [2.45, 2.75) is 19.4 Å². The molecule has 3 aromatic rings. The molecule has 0 aliphatic carbocycles. The number of anilines is 3. The molecule has 142 valence electrons. The van der Waals surface area contributed by atoms with Crippen molar-refractivity contribution >= 4 is 34.1 Å². The van der Waals surface area contributed by atoms with Crippen molar-refractivity contribution in [1.29, 1.82) is 5.26 Å². The Balaban J connectivity index is 2.01. The Bertz CT molecular complexity index is 1080. The van der Waals surface area contributed by atoms with Gasteiger partial charge in [0.15, 0.2) is 17.5 Å². The van der Waals surface area contributed by atoms with Crippen molar-refractivity contribution in [3.05, 3.63) is 54.0 Å². The number of amides is 1. The molecule has 1 amide bonds. The first-order valence-corrected chi connectivity index (χ1v) is 8.69. The maximum absolute atomic E-state index is 14.5. The highest BCUT2D eigenvalue weighted by Gasteiger charge is 2.24. The average molecular weight is 378 g/mol. The number of carbonyl (C=O) groups excluding carboxylic acids is 1. The number of aromatic nitrogens is 2. The Labute approximate surface area is 161 Å². The average Bonchev–Trinajstić information content (AvgIpc) is 2.69. The third kappa shape index (κ3) is 3.69. The Morgan fingerprint density at radius 3 is 2.86 bits per heavy atom. The number of hydrogen-bond donors (Lipinski definition) is 2. The molecule has 2 aromatic heterocycles. The van der Waals surface area contributed by atoms with Crippen LogP contribution in [0, 0.1) is 17.1 Å². The predicted molar refractivity (Wildman–Crippen MR) is 106 cm³/mol. The molecule has 1 unspecified atom stereocenters. The number of primary amides is 1. The Kier molecular flexibility index (Phi) is 5.36. The molecule has 7 nitrogen and oxygen atoms in total. The standard InChI is InChI=1S/C20H19FN6O/c1-3-17(18(23)28)27(2)20-15(21)9-13(11-22)19(26-20)25-14-7-6-12-5-4-8-24-16(12)10-14/h4-10,17H,3H2,1-2H3,(H2,23,28)(H,25,26). The van der Waals surface area contributed by atoms with Crippen LogP contribution in [0.5, 0.6) is 0 Å². The lowest BCUT2D eigenvalue weighted by atomic mass is 10.1. The third-order valence-corrected chi connectivity index (χ3v) is 4.46. The molecular formula is C20H19FN6O. The molecule has 0 aliphatic heterocycles. The second-order valence-corrected chi connectivity index (χ2v) is 6.27. The molecule has 0 aliphatic rings. The summed E-state index contributed by atoms with van der Waals surface area (Å²) in [7, 11) is 1.54. The molecule has 0 fully saturated rings. The monoisotopic (exact) mass is 378 g/mol. The van der Waals surface area contributed by atoms with E-state index in [-0.39, 0.29) is 17.2 Å². The van der Waals surface area contributed by atoms with E-state index in [2.05, 4.69) is 15.3 Å². The molecule has 0 spiro atoms. The molecule has 8 heteroatoms. The van der Waals surface area contributed by atoms with Crippen LogP contribution >= 0.6 is 0 Å². The van der Waals surface area contributed by atoms with Gasteiger partial charge < -0.3 is 16.0 Å². The van der Waals surface area contributed by atoms with E-state index >= 15 is 0 Å². The first-order valence-electron chi connectivity index (χ1n) is 8.69. The zero-order valence-corrected chi connectivity index (χ0v) is 15.5. The Morgan fingerprint density at radius 2 is 2.18 bits per heavy atom. The van der Waals surface area contributed by atoms with Crippen LogP contribution < -0.4 is 16.0 Å². The fraction of sp³-hybridized carbons (Fsp3) is 0.200. The van der Waals surface area contributed by atoms with Gasteiger partial charge in [0.1, 0.15) is 12.1 Å². The lowest BCUT2D eigenvalue weighted by molar-refractivity contribution is -0.119. The van der Waals surface area contributed by atoms with Gasteiger partial charge in [0.05, 0.1) is 11.1 Å². The summed E-state index contributed by atoms with van der Waals surface area (Å²) in [5.74, 6) is -1.17. The molecule has 0 bridgehead atoms.